The second-order valence-electron chi connectivity index (χ2n) is 7.57. The van der Waals surface area contributed by atoms with E-state index in [4.69, 9.17) is 0 Å². The largest absolute Gasteiger partial charge is 0.339 e. The average molecular weight is 415 g/mol. The van der Waals surface area contributed by atoms with Crippen molar-refractivity contribution in [3.05, 3.63) is 35.2 Å². The molecule has 9 heteroatoms. The van der Waals surface area contributed by atoms with Crippen molar-refractivity contribution in [2.75, 3.05) is 27.2 Å². The molecule has 7 nitrogen and oxygen atoms in total. The Morgan fingerprint density at radius 1 is 1.28 bits per heavy atom. The molecule has 0 unspecified atom stereocenters. The van der Waals surface area contributed by atoms with Crippen molar-refractivity contribution in [3.8, 4) is 10.6 Å². The number of aryl methyl sites for hydroxylation is 1. The highest BCUT2D eigenvalue weighted by Gasteiger charge is 2.32. The van der Waals surface area contributed by atoms with Gasteiger partial charge in [0, 0.05) is 29.7 Å². The maximum absolute atomic E-state index is 14.4. The molecule has 0 saturated carbocycles. The predicted octanol–water partition coefficient (Wildman–Crippen LogP) is 2.50. The molecule has 1 fully saturated rings. The minimum atomic E-state index is -1.03. The Morgan fingerprint density at radius 3 is 2.79 bits per heavy atom. The van der Waals surface area contributed by atoms with Crippen molar-refractivity contribution in [2.45, 2.75) is 32.0 Å². The van der Waals surface area contributed by atoms with Gasteiger partial charge >= 0.3 is 0 Å². The number of hydrogen-bond acceptors (Lipinski definition) is 7. The van der Waals surface area contributed by atoms with Crippen LogP contribution in [0.15, 0.2) is 24.5 Å². The molecule has 29 heavy (non-hydrogen) atoms. The number of pyridine rings is 2. The number of hydrogen-bond donors (Lipinski definition) is 0. The number of piperidine rings is 1. The van der Waals surface area contributed by atoms with Gasteiger partial charge in [-0.3, -0.25) is 14.8 Å². The first-order chi connectivity index (χ1) is 13.9. The maximum atomic E-state index is 14.4. The summed E-state index contributed by atoms with van der Waals surface area (Å²) in [6.07, 6.45) is 3.18. The molecule has 0 N–H and O–H groups in total. The smallest absolute Gasteiger partial charge is 0.228 e. The van der Waals surface area contributed by atoms with Gasteiger partial charge in [-0.05, 0) is 39.6 Å². The summed E-state index contributed by atoms with van der Waals surface area (Å²) in [5, 5.41) is 10.8. The van der Waals surface area contributed by atoms with Crippen LogP contribution in [0.25, 0.3) is 21.5 Å². The number of amides is 1. The summed E-state index contributed by atoms with van der Waals surface area (Å²) in [7, 11) is 3.75. The van der Waals surface area contributed by atoms with Crippen LogP contribution in [-0.2, 0) is 11.2 Å². The molecule has 0 aliphatic carbocycles. The van der Waals surface area contributed by atoms with Crippen LogP contribution in [0, 0.1) is 6.92 Å². The Labute approximate surface area is 172 Å². The van der Waals surface area contributed by atoms with Gasteiger partial charge in [0.05, 0.1) is 30.4 Å². The van der Waals surface area contributed by atoms with Gasteiger partial charge in [-0.25, -0.2) is 4.39 Å². The Morgan fingerprint density at radius 2 is 2.10 bits per heavy atom. The highest BCUT2D eigenvalue weighted by molar-refractivity contribution is 7.14. The lowest BCUT2D eigenvalue weighted by atomic mass is 10.0. The first-order valence-corrected chi connectivity index (χ1v) is 10.4. The molecule has 0 aromatic carbocycles. The first-order valence-electron chi connectivity index (χ1n) is 9.54. The predicted molar refractivity (Wildman–Crippen MR) is 110 cm³/mol. The van der Waals surface area contributed by atoms with Crippen molar-refractivity contribution < 1.29 is 9.18 Å². The number of halogens is 1. The molecule has 4 heterocycles. The van der Waals surface area contributed by atoms with E-state index in [1.165, 1.54) is 11.3 Å². The zero-order valence-electron chi connectivity index (χ0n) is 16.7. The van der Waals surface area contributed by atoms with Gasteiger partial charge in [-0.2, -0.15) is 0 Å². The van der Waals surface area contributed by atoms with E-state index in [9.17, 15) is 9.18 Å². The Hall–Kier alpha value is -2.52. The molecule has 0 radical (unpaired) electrons. The van der Waals surface area contributed by atoms with E-state index in [2.05, 4.69) is 20.2 Å². The lowest BCUT2D eigenvalue weighted by Crippen LogP contribution is -2.52. The summed E-state index contributed by atoms with van der Waals surface area (Å²) in [5.74, 6) is -0.0967. The summed E-state index contributed by atoms with van der Waals surface area (Å²) in [6, 6.07) is 3.72. The molecule has 1 amide bonds. The minimum absolute atomic E-state index is 0.0967. The number of carbonyl (C=O) groups is 1. The van der Waals surface area contributed by atoms with E-state index >= 15 is 0 Å². The fraction of sp³-hybridized carbons (Fsp3) is 0.450. The van der Waals surface area contributed by atoms with Crippen LogP contribution in [0.3, 0.4) is 0 Å². The standard InChI is InChI=1S/C20H23FN6OS/c1-12-24-25-20(29-12)14-6-13-7-15(22-10-17(13)23-9-14)8-19(28)27-5-4-18(26(2)3)16(21)11-27/h6-7,9-10,16,18H,4-5,8,11H2,1-3H3/t16-,18-/m0/s1. The number of carbonyl (C=O) groups excluding carboxylic acids is 1. The fourth-order valence-electron chi connectivity index (χ4n) is 3.67. The molecule has 3 aromatic heterocycles. The zero-order valence-corrected chi connectivity index (χ0v) is 17.5. The zero-order chi connectivity index (χ0) is 20.5. The van der Waals surface area contributed by atoms with Crippen molar-refractivity contribution in [1.82, 2.24) is 30.0 Å². The van der Waals surface area contributed by atoms with E-state index in [0.717, 1.165) is 26.5 Å². The van der Waals surface area contributed by atoms with E-state index in [0.29, 0.717) is 18.7 Å². The number of rotatable bonds is 4. The Balaban J connectivity index is 1.50. The lowest BCUT2D eigenvalue weighted by Gasteiger charge is -2.37. The molecule has 0 spiro atoms. The van der Waals surface area contributed by atoms with Crippen molar-refractivity contribution >= 4 is 28.1 Å². The third-order valence-corrected chi connectivity index (χ3v) is 6.14. The molecule has 1 aliphatic heterocycles. The number of aromatic nitrogens is 4. The van der Waals surface area contributed by atoms with Crippen LogP contribution in [0.2, 0.25) is 0 Å². The quantitative estimate of drug-likeness (QED) is 0.653. The summed E-state index contributed by atoms with van der Waals surface area (Å²) < 4.78 is 14.4. The van der Waals surface area contributed by atoms with E-state index in [1.807, 2.05) is 38.1 Å². The molecule has 3 aromatic rings. The van der Waals surface area contributed by atoms with E-state index in [-0.39, 0.29) is 24.9 Å². The van der Waals surface area contributed by atoms with E-state index in [1.54, 1.807) is 17.3 Å². The topological polar surface area (TPSA) is 75.1 Å². The first kappa shape index (κ1) is 19.8. The van der Waals surface area contributed by atoms with Crippen LogP contribution >= 0.6 is 11.3 Å². The van der Waals surface area contributed by atoms with Gasteiger partial charge in [-0.15, -0.1) is 10.2 Å². The summed E-state index contributed by atoms with van der Waals surface area (Å²) in [4.78, 5) is 25.0. The van der Waals surface area contributed by atoms with Gasteiger partial charge in [0.2, 0.25) is 5.91 Å². The lowest BCUT2D eigenvalue weighted by molar-refractivity contribution is -0.133. The molecular formula is C20H23FN6OS. The van der Waals surface area contributed by atoms with Crippen LogP contribution in [0.4, 0.5) is 4.39 Å². The van der Waals surface area contributed by atoms with Crippen molar-refractivity contribution in [1.29, 1.82) is 0 Å². The second-order valence-corrected chi connectivity index (χ2v) is 8.75. The highest BCUT2D eigenvalue weighted by atomic mass is 32.1. The molecule has 1 saturated heterocycles. The Kier molecular flexibility index (Phi) is 5.51. The minimum Gasteiger partial charge on any atom is -0.339 e. The normalized spacial score (nSPS) is 19.8. The van der Waals surface area contributed by atoms with Gasteiger partial charge < -0.3 is 9.80 Å². The Bertz CT molecular complexity index is 1040. The van der Waals surface area contributed by atoms with Gasteiger partial charge in [-0.1, -0.05) is 11.3 Å². The monoisotopic (exact) mass is 414 g/mol. The average Bonchev–Trinajstić information content (AvgIpc) is 3.13. The third kappa shape index (κ3) is 4.25. The number of alkyl halides is 1. The maximum Gasteiger partial charge on any atom is 0.228 e. The number of nitrogens with zero attached hydrogens (tertiary/aromatic N) is 6. The summed E-state index contributed by atoms with van der Waals surface area (Å²) in [5.41, 5.74) is 2.29. The second kappa shape index (κ2) is 8.08. The van der Waals surface area contributed by atoms with Crippen molar-refractivity contribution in [3.63, 3.8) is 0 Å². The molecule has 1 aliphatic rings. The van der Waals surface area contributed by atoms with Crippen LogP contribution in [0.1, 0.15) is 17.1 Å². The summed E-state index contributed by atoms with van der Waals surface area (Å²) in [6.45, 7) is 2.61. The van der Waals surface area contributed by atoms with Crippen LogP contribution in [0.5, 0.6) is 0 Å². The SMILES string of the molecule is Cc1nnc(-c2cnc3cnc(CC(=O)N4CC[C@H](N(C)C)[C@@H](F)C4)cc3c2)s1. The number of likely N-dealkylation sites (tertiary alicyclic amines) is 1. The van der Waals surface area contributed by atoms with Crippen LogP contribution < -0.4 is 0 Å². The van der Waals surface area contributed by atoms with Gasteiger partial charge in [0.25, 0.3) is 0 Å². The van der Waals surface area contributed by atoms with Crippen LogP contribution in [-0.4, -0.2) is 75.3 Å². The molecule has 0 bridgehead atoms. The van der Waals surface area contributed by atoms with Gasteiger partial charge in [0.1, 0.15) is 16.2 Å². The summed E-state index contributed by atoms with van der Waals surface area (Å²) >= 11 is 1.51. The molecular weight excluding hydrogens is 391 g/mol. The molecule has 152 valence electrons. The molecule has 4 rings (SSSR count). The fourth-order valence-corrected chi connectivity index (χ4v) is 4.34. The van der Waals surface area contributed by atoms with Gasteiger partial charge in [0.15, 0.2) is 0 Å². The van der Waals surface area contributed by atoms with E-state index < -0.39 is 6.17 Å². The third-order valence-electron chi connectivity index (χ3n) is 5.25. The van der Waals surface area contributed by atoms with Crippen molar-refractivity contribution in [2.24, 2.45) is 0 Å². The highest BCUT2D eigenvalue weighted by Crippen LogP contribution is 2.26. The number of fused-ring (bicyclic) bond motifs is 1. The molecule has 2 atom stereocenters.